The van der Waals surface area contributed by atoms with Gasteiger partial charge >= 0.3 is 5.97 Å². The highest BCUT2D eigenvalue weighted by Crippen LogP contribution is 2.36. The third-order valence-electron chi connectivity index (χ3n) is 5.03. The van der Waals surface area contributed by atoms with E-state index in [1.807, 2.05) is 13.8 Å². The Bertz CT molecular complexity index is 1140. The van der Waals surface area contributed by atoms with Crippen molar-refractivity contribution >= 4 is 29.2 Å². The molecular formula is C23H23Cl2N3O5. The number of hydrogen-bond acceptors (Lipinski definition) is 8. The van der Waals surface area contributed by atoms with Gasteiger partial charge in [-0.3, -0.25) is 4.79 Å². The third-order valence-corrected chi connectivity index (χ3v) is 5.61. The minimum absolute atomic E-state index is 0.0435. The van der Waals surface area contributed by atoms with E-state index in [0.717, 1.165) is 0 Å². The first-order valence-electron chi connectivity index (χ1n) is 10.6. The molecule has 1 saturated carbocycles. The summed E-state index contributed by atoms with van der Waals surface area (Å²) < 4.78 is 21.9. The first kappa shape index (κ1) is 23.3. The molecule has 8 nitrogen and oxygen atoms in total. The van der Waals surface area contributed by atoms with Gasteiger partial charge in [-0.1, -0.05) is 28.4 Å². The summed E-state index contributed by atoms with van der Waals surface area (Å²) in [6.07, 6.45) is 2.72. The molecule has 10 heteroatoms. The van der Waals surface area contributed by atoms with E-state index < -0.39 is 0 Å². The maximum Gasteiger partial charge on any atom is 0.309 e. The van der Waals surface area contributed by atoms with Crippen LogP contribution in [0, 0.1) is 5.92 Å². The van der Waals surface area contributed by atoms with Gasteiger partial charge in [0.1, 0.15) is 16.9 Å². The fourth-order valence-corrected chi connectivity index (χ4v) is 3.83. The summed E-state index contributed by atoms with van der Waals surface area (Å²) in [6, 6.07) is 6.90. The molecule has 4 rings (SSSR count). The summed E-state index contributed by atoms with van der Waals surface area (Å²) in [5.41, 5.74) is 1.16. The highest BCUT2D eigenvalue weighted by Gasteiger charge is 2.37. The van der Waals surface area contributed by atoms with Crippen molar-refractivity contribution in [1.82, 2.24) is 15.1 Å². The van der Waals surface area contributed by atoms with Crippen LogP contribution >= 0.6 is 23.2 Å². The predicted octanol–water partition coefficient (Wildman–Crippen LogP) is 5.61. The van der Waals surface area contributed by atoms with E-state index in [2.05, 4.69) is 15.1 Å². The molecule has 2 aromatic heterocycles. The maximum atomic E-state index is 11.7. The van der Waals surface area contributed by atoms with Crippen LogP contribution in [0.4, 0.5) is 0 Å². The van der Waals surface area contributed by atoms with E-state index in [1.54, 1.807) is 37.4 Å². The molecule has 0 aliphatic heterocycles. The second kappa shape index (κ2) is 9.97. The lowest BCUT2D eigenvalue weighted by atomic mass is 9.82. The Morgan fingerprint density at radius 3 is 2.67 bits per heavy atom. The first-order chi connectivity index (χ1) is 15.8. The molecule has 1 fully saturated rings. The number of nitrogens with zero attached hydrogens (tertiary/aromatic N) is 3. The van der Waals surface area contributed by atoms with Gasteiger partial charge in [0.2, 0.25) is 11.7 Å². The zero-order valence-corrected chi connectivity index (χ0v) is 19.9. The number of halogens is 2. The van der Waals surface area contributed by atoms with E-state index in [-0.39, 0.29) is 30.0 Å². The zero-order chi connectivity index (χ0) is 23.5. The van der Waals surface area contributed by atoms with Gasteiger partial charge < -0.3 is 18.7 Å². The second-order valence-corrected chi connectivity index (χ2v) is 8.72. The van der Waals surface area contributed by atoms with Gasteiger partial charge in [-0.2, -0.15) is 4.98 Å². The molecule has 0 atom stereocenters. The van der Waals surface area contributed by atoms with E-state index in [9.17, 15) is 4.79 Å². The van der Waals surface area contributed by atoms with Crippen LogP contribution in [-0.2, 0) is 9.53 Å². The molecule has 1 aliphatic rings. The van der Waals surface area contributed by atoms with Gasteiger partial charge in [0.05, 0.1) is 29.2 Å². The average Bonchev–Trinajstić information content (AvgIpc) is 3.21. The summed E-state index contributed by atoms with van der Waals surface area (Å²) in [5.74, 6) is 1.26. The summed E-state index contributed by atoms with van der Waals surface area (Å²) in [5, 5.41) is 4.79. The maximum absolute atomic E-state index is 11.7. The molecule has 0 radical (unpaired) electrons. The number of aromatic nitrogens is 3. The smallest absolute Gasteiger partial charge is 0.309 e. The van der Waals surface area contributed by atoms with Crippen LogP contribution in [0.5, 0.6) is 11.6 Å². The van der Waals surface area contributed by atoms with E-state index in [4.69, 9.17) is 41.9 Å². The van der Waals surface area contributed by atoms with Crippen LogP contribution in [0.1, 0.15) is 33.6 Å². The average molecular weight is 492 g/mol. The van der Waals surface area contributed by atoms with Crippen molar-refractivity contribution in [1.29, 1.82) is 0 Å². The van der Waals surface area contributed by atoms with Gasteiger partial charge in [-0.05, 0) is 57.9 Å². The normalized spacial score (nSPS) is 17.5. The number of carbonyl (C=O) groups excluding carboxylic acids is 1. The molecule has 0 saturated heterocycles. The van der Waals surface area contributed by atoms with Crippen molar-refractivity contribution in [2.24, 2.45) is 5.92 Å². The Morgan fingerprint density at radius 1 is 1.21 bits per heavy atom. The molecule has 0 N–H and O–H groups in total. The van der Waals surface area contributed by atoms with Crippen LogP contribution in [0.15, 0.2) is 35.0 Å². The molecule has 0 amide bonds. The van der Waals surface area contributed by atoms with Crippen molar-refractivity contribution in [3.05, 3.63) is 40.5 Å². The van der Waals surface area contributed by atoms with Crippen LogP contribution in [0.2, 0.25) is 10.0 Å². The topological polar surface area (TPSA) is 96.6 Å². The van der Waals surface area contributed by atoms with Gasteiger partial charge in [0, 0.05) is 11.8 Å². The Labute approximate surface area is 201 Å². The summed E-state index contributed by atoms with van der Waals surface area (Å²) >= 11 is 12.7. The fraction of sp³-hybridized carbons (Fsp3) is 0.391. The Balaban J connectivity index is 1.42. The molecule has 0 spiro atoms. The second-order valence-electron chi connectivity index (χ2n) is 7.90. The fourth-order valence-electron chi connectivity index (χ4n) is 3.36. The molecule has 1 aromatic carbocycles. The molecule has 2 heterocycles. The standard InChI is InChI=1S/C23H23Cl2N3O5/c1-4-30-23(29)13-7-16(8-13)32-15-5-6-17(18(24)10-15)20-27-21(33-28-20)14-9-19(25)22(26-11-14)31-12(2)3/h5-6,9-13,16H,4,7-8H2,1-3H3. The summed E-state index contributed by atoms with van der Waals surface area (Å²) in [6.45, 7) is 5.97. The summed E-state index contributed by atoms with van der Waals surface area (Å²) in [4.78, 5) is 20.4. The van der Waals surface area contributed by atoms with Crippen molar-refractivity contribution in [3.8, 4) is 34.5 Å². The molecule has 0 unspecified atom stereocenters. The van der Waals surface area contributed by atoms with Crippen molar-refractivity contribution < 1.29 is 23.5 Å². The van der Waals surface area contributed by atoms with Crippen molar-refractivity contribution in [3.63, 3.8) is 0 Å². The van der Waals surface area contributed by atoms with Crippen molar-refractivity contribution in [2.45, 2.75) is 45.8 Å². The van der Waals surface area contributed by atoms with E-state index >= 15 is 0 Å². The number of ether oxygens (including phenoxy) is 3. The van der Waals surface area contributed by atoms with Gasteiger partial charge in [-0.15, -0.1) is 0 Å². The summed E-state index contributed by atoms with van der Waals surface area (Å²) in [7, 11) is 0. The lowest BCUT2D eigenvalue weighted by Crippen LogP contribution is -2.39. The molecule has 33 heavy (non-hydrogen) atoms. The highest BCUT2D eigenvalue weighted by atomic mass is 35.5. The van der Waals surface area contributed by atoms with Crippen LogP contribution < -0.4 is 9.47 Å². The predicted molar refractivity (Wildman–Crippen MR) is 123 cm³/mol. The lowest BCUT2D eigenvalue weighted by Gasteiger charge is -2.33. The first-order valence-corrected chi connectivity index (χ1v) is 11.4. The van der Waals surface area contributed by atoms with Crippen LogP contribution in [-0.4, -0.2) is 39.9 Å². The molecule has 1 aliphatic carbocycles. The molecular weight excluding hydrogens is 469 g/mol. The monoisotopic (exact) mass is 491 g/mol. The molecule has 0 bridgehead atoms. The zero-order valence-electron chi connectivity index (χ0n) is 18.4. The number of benzene rings is 1. The molecule has 174 valence electrons. The lowest BCUT2D eigenvalue weighted by molar-refractivity contribution is -0.154. The van der Waals surface area contributed by atoms with Gasteiger partial charge in [0.25, 0.3) is 5.89 Å². The number of rotatable bonds is 8. The quantitative estimate of drug-likeness (QED) is 0.374. The Morgan fingerprint density at radius 2 is 2.00 bits per heavy atom. The third kappa shape index (κ3) is 5.39. The Kier molecular flexibility index (Phi) is 7.05. The largest absolute Gasteiger partial charge is 0.490 e. The van der Waals surface area contributed by atoms with Crippen molar-refractivity contribution in [2.75, 3.05) is 6.61 Å². The minimum atomic E-state index is -0.169. The highest BCUT2D eigenvalue weighted by molar-refractivity contribution is 6.33. The van der Waals surface area contributed by atoms with Crippen LogP contribution in [0.25, 0.3) is 22.8 Å². The number of esters is 1. The number of hydrogen-bond donors (Lipinski definition) is 0. The molecule has 3 aromatic rings. The Hall–Kier alpha value is -2.84. The number of pyridine rings is 1. The van der Waals surface area contributed by atoms with Gasteiger partial charge in [-0.25, -0.2) is 4.98 Å². The SMILES string of the molecule is CCOC(=O)C1CC(Oc2ccc(-c3noc(-c4cnc(OC(C)C)c(Cl)c4)n3)c(Cl)c2)C1. The van der Waals surface area contributed by atoms with Crippen LogP contribution in [0.3, 0.4) is 0 Å². The van der Waals surface area contributed by atoms with E-state index in [1.165, 1.54) is 0 Å². The van der Waals surface area contributed by atoms with Gasteiger partial charge in [0.15, 0.2) is 0 Å². The minimum Gasteiger partial charge on any atom is -0.490 e. The van der Waals surface area contributed by atoms with E-state index in [0.29, 0.717) is 58.1 Å². The number of carbonyl (C=O) groups is 1.